The molecule has 0 aliphatic rings. The number of methoxy groups -OCH3 is 2. The minimum absolute atomic E-state index is 0.0692. The molecule has 0 atom stereocenters. The summed E-state index contributed by atoms with van der Waals surface area (Å²) in [5.74, 6) is 1.19. The summed E-state index contributed by atoms with van der Waals surface area (Å²) < 4.78 is 10.4. The highest BCUT2D eigenvalue weighted by molar-refractivity contribution is 5.95. The van der Waals surface area contributed by atoms with E-state index in [-0.39, 0.29) is 5.91 Å². The second-order valence-corrected chi connectivity index (χ2v) is 4.75. The smallest absolute Gasteiger partial charge is 0.231 e. The van der Waals surface area contributed by atoms with Crippen LogP contribution in [0.1, 0.15) is 26.7 Å². The lowest BCUT2D eigenvalue weighted by atomic mass is 9.81. The summed E-state index contributed by atoms with van der Waals surface area (Å²) in [5, 5.41) is 2.91. The Bertz CT molecular complexity index is 426. The second kappa shape index (κ2) is 7.14. The maximum absolute atomic E-state index is 12.5. The average molecular weight is 280 g/mol. The first-order chi connectivity index (χ1) is 9.54. The van der Waals surface area contributed by atoms with E-state index in [1.807, 2.05) is 13.8 Å². The highest BCUT2D eigenvalue weighted by Gasteiger charge is 2.33. The van der Waals surface area contributed by atoms with Gasteiger partial charge in [-0.15, -0.1) is 0 Å². The first-order valence-corrected chi connectivity index (χ1v) is 6.79. The van der Waals surface area contributed by atoms with Gasteiger partial charge in [-0.1, -0.05) is 13.8 Å². The summed E-state index contributed by atoms with van der Waals surface area (Å²) in [6, 6.07) is 5.27. The van der Waals surface area contributed by atoms with Gasteiger partial charge >= 0.3 is 0 Å². The van der Waals surface area contributed by atoms with E-state index in [4.69, 9.17) is 15.2 Å². The fourth-order valence-corrected chi connectivity index (χ4v) is 2.10. The summed E-state index contributed by atoms with van der Waals surface area (Å²) >= 11 is 0. The lowest BCUT2D eigenvalue weighted by Crippen LogP contribution is -2.41. The number of ether oxygens (including phenoxy) is 2. The molecule has 1 aromatic carbocycles. The molecule has 1 rings (SSSR count). The van der Waals surface area contributed by atoms with Crippen molar-refractivity contribution in [1.29, 1.82) is 0 Å². The van der Waals surface area contributed by atoms with Crippen molar-refractivity contribution >= 4 is 11.6 Å². The lowest BCUT2D eigenvalue weighted by Gasteiger charge is -2.28. The van der Waals surface area contributed by atoms with Gasteiger partial charge in [0.25, 0.3) is 0 Å². The van der Waals surface area contributed by atoms with Gasteiger partial charge in [0, 0.05) is 30.4 Å². The van der Waals surface area contributed by atoms with E-state index in [1.165, 1.54) is 0 Å². The number of amides is 1. The summed E-state index contributed by atoms with van der Waals surface area (Å²) in [5.41, 5.74) is 5.90. The van der Waals surface area contributed by atoms with Crippen molar-refractivity contribution in [3.63, 3.8) is 0 Å². The Labute approximate surface area is 120 Å². The minimum atomic E-state index is -0.531. The molecule has 0 bridgehead atoms. The Morgan fingerprint density at radius 3 is 2.00 bits per heavy atom. The van der Waals surface area contributed by atoms with E-state index < -0.39 is 5.41 Å². The number of anilines is 1. The van der Waals surface area contributed by atoms with Crippen molar-refractivity contribution in [1.82, 2.24) is 0 Å². The molecule has 0 spiro atoms. The van der Waals surface area contributed by atoms with Crippen LogP contribution >= 0.6 is 0 Å². The normalized spacial score (nSPS) is 11.1. The van der Waals surface area contributed by atoms with Crippen LogP contribution in [0.5, 0.6) is 11.5 Å². The summed E-state index contributed by atoms with van der Waals surface area (Å²) in [7, 11) is 3.14. The van der Waals surface area contributed by atoms with Crippen LogP contribution in [0, 0.1) is 5.41 Å². The van der Waals surface area contributed by atoms with Gasteiger partial charge in [-0.05, 0) is 12.8 Å². The monoisotopic (exact) mass is 280 g/mol. The molecule has 0 unspecified atom stereocenters. The van der Waals surface area contributed by atoms with E-state index >= 15 is 0 Å². The molecule has 0 aliphatic heterocycles. The standard InChI is InChI=1S/C15H24N2O3/c1-5-15(6-2,10-16)14(18)17-11-7-12(19-3)9-13(8-11)20-4/h7-9H,5-6,10,16H2,1-4H3,(H,17,18). The maximum Gasteiger partial charge on any atom is 0.231 e. The first-order valence-electron chi connectivity index (χ1n) is 6.79. The van der Waals surface area contributed by atoms with Crippen LogP contribution in [0.15, 0.2) is 18.2 Å². The molecule has 1 amide bonds. The Morgan fingerprint density at radius 1 is 1.15 bits per heavy atom. The van der Waals surface area contributed by atoms with E-state index in [2.05, 4.69) is 5.32 Å². The zero-order valence-corrected chi connectivity index (χ0v) is 12.7. The summed E-state index contributed by atoms with van der Waals surface area (Å²) in [4.78, 5) is 12.5. The van der Waals surface area contributed by atoms with Crippen LogP contribution in [-0.2, 0) is 4.79 Å². The predicted octanol–water partition coefficient (Wildman–Crippen LogP) is 2.41. The Morgan fingerprint density at radius 2 is 1.65 bits per heavy atom. The highest BCUT2D eigenvalue weighted by Crippen LogP contribution is 2.30. The molecule has 0 aromatic heterocycles. The molecule has 20 heavy (non-hydrogen) atoms. The van der Waals surface area contributed by atoms with Crippen LogP contribution < -0.4 is 20.5 Å². The molecule has 0 saturated carbocycles. The molecule has 112 valence electrons. The second-order valence-electron chi connectivity index (χ2n) is 4.75. The number of benzene rings is 1. The summed E-state index contributed by atoms with van der Waals surface area (Å²) in [6.07, 6.45) is 1.40. The molecule has 0 radical (unpaired) electrons. The molecular weight excluding hydrogens is 256 g/mol. The first kappa shape index (κ1) is 16.3. The van der Waals surface area contributed by atoms with Gasteiger partial charge in [0.1, 0.15) is 11.5 Å². The molecule has 0 aliphatic carbocycles. The van der Waals surface area contributed by atoms with Crippen LogP contribution in [-0.4, -0.2) is 26.7 Å². The Balaban J connectivity index is 3.00. The topological polar surface area (TPSA) is 73.6 Å². The van der Waals surface area contributed by atoms with E-state index in [0.717, 1.165) is 0 Å². The van der Waals surface area contributed by atoms with Gasteiger partial charge in [0.2, 0.25) is 5.91 Å². The van der Waals surface area contributed by atoms with Gasteiger partial charge < -0.3 is 20.5 Å². The zero-order valence-electron chi connectivity index (χ0n) is 12.7. The molecule has 1 aromatic rings. The summed E-state index contributed by atoms with van der Waals surface area (Å²) in [6.45, 7) is 4.27. The number of carbonyl (C=O) groups excluding carboxylic acids is 1. The Kier molecular flexibility index (Phi) is 5.82. The number of nitrogens with two attached hydrogens (primary N) is 1. The van der Waals surface area contributed by atoms with Crippen molar-refractivity contribution in [3.05, 3.63) is 18.2 Å². The van der Waals surface area contributed by atoms with Gasteiger partial charge in [-0.3, -0.25) is 4.79 Å². The van der Waals surface area contributed by atoms with Crippen molar-refractivity contribution in [3.8, 4) is 11.5 Å². The molecule has 5 heteroatoms. The van der Waals surface area contributed by atoms with Crippen LogP contribution in [0.2, 0.25) is 0 Å². The van der Waals surface area contributed by atoms with Gasteiger partial charge in [0.05, 0.1) is 19.6 Å². The number of carbonyl (C=O) groups is 1. The minimum Gasteiger partial charge on any atom is -0.497 e. The van der Waals surface area contributed by atoms with Crippen LogP contribution in [0.3, 0.4) is 0 Å². The highest BCUT2D eigenvalue weighted by atomic mass is 16.5. The molecule has 5 nitrogen and oxygen atoms in total. The SMILES string of the molecule is CCC(CC)(CN)C(=O)Nc1cc(OC)cc(OC)c1. The molecule has 0 fully saturated rings. The van der Waals surface area contributed by atoms with E-state index in [1.54, 1.807) is 32.4 Å². The molecule has 3 N–H and O–H groups in total. The lowest BCUT2D eigenvalue weighted by molar-refractivity contribution is -0.125. The fraction of sp³-hybridized carbons (Fsp3) is 0.533. The van der Waals surface area contributed by atoms with E-state index in [0.29, 0.717) is 36.6 Å². The fourth-order valence-electron chi connectivity index (χ4n) is 2.10. The van der Waals surface area contributed by atoms with Gasteiger partial charge in [-0.2, -0.15) is 0 Å². The largest absolute Gasteiger partial charge is 0.497 e. The number of hydrogen-bond donors (Lipinski definition) is 2. The third-order valence-electron chi connectivity index (χ3n) is 3.84. The third-order valence-corrected chi connectivity index (χ3v) is 3.84. The van der Waals surface area contributed by atoms with Crippen molar-refractivity contribution in [2.24, 2.45) is 11.1 Å². The molecular formula is C15H24N2O3. The van der Waals surface area contributed by atoms with Crippen LogP contribution in [0.25, 0.3) is 0 Å². The van der Waals surface area contributed by atoms with Crippen LogP contribution in [0.4, 0.5) is 5.69 Å². The van der Waals surface area contributed by atoms with Crippen molar-refractivity contribution in [2.45, 2.75) is 26.7 Å². The Hall–Kier alpha value is -1.75. The van der Waals surface area contributed by atoms with Gasteiger partial charge in [0.15, 0.2) is 0 Å². The third kappa shape index (κ3) is 3.42. The molecule has 0 saturated heterocycles. The number of hydrogen-bond acceptors (Lipinski definition) is 4. The van der Waals surface area contributed by atoms with Gasteiger partial charge in [-0.25, -0.2) is 0 Å². The quantitative estimate of drug-likeness (QED) is 0.804. The van der Waals surface area contributed by atoms with E-state index in [9.17, 15) is 4.79 Å². The maximum atomic E-state index is 12.5. The number of nitrogens with one attached hydrogen (secondary N) is 1. The zero-order chi connectivity index (χ0) is 15.2. The predicted molar refractivity (Wildman–Crippen MR) is 80.2 cm³/mol. The number of rotatable bonds is 7. The molecule has 0 heterocycles. The average Bonchev–Trinajstić information content (AvgIpc) is 2.49. The van der Waals surface area contributed by atoms with Crippen molar-refractivity contribution in [2.75, 3.05) is 26.1 Å². The van der Waals surface area contributed by atoms with Crippen molar-refractivity contribution < 1.29 is 14.3 Å².